The summed E-state index contributed by atoms with van der Waals surface area (Å²) >= 11 is 0. The fourth-order valence-electron chi connectivity index (χ4n) is 3.69. The zero-order valence-electron chi connectivity index (χ0n) is 15.8. The highest BCUT2D eigenvalue weighted by Crippen LogP contribution is 2.43. The third kappa shape index (κ3) is 4.54. The monoisotopic (exact) mass is 350 g/mol. The molecule has 134 valence electrons. The van der Waals surface area contributed by atoms with Crippen molar-refractivity contribution in [2.45, 2.75) is 18.8 Å². The van der Waals surface area contributed by atoms with Gasteiger partial charge in [0.2, 0.25) is 0 Å². The van der Waals surface area contributed by atoms with Crippen molar-refractivity contribution in [3.05, 3.63) is 144 Å². The van der Waals surface area contributed by atoms with Crippen LogP contribution in [-0.2, 0) is 0 Å². The van der Waals surface area contributed by atoms with Crippen LogP contribution in [0.3, 0.4) is 0 Å². The Kier molecular flexibility index (Phi) is 6.60. The van der Waals surface area contributed by atoms with Crippen LogP contribution in [0, 0.1) is 0 Å². The second kappa shape index (κ2) is 9.54. The van der Waals surface area contributed by atoms with Crippen LogP contribution >= 0.6 is 0 Å². The summed E-state index contributed by atoms with van der Waals surface area (Å²) in [6, 6.07) is 32.4. The summed E-state index contributed by atoms with van der Waals surface area (Å²) in [6.07, 6.45) is 8.27. The predicted octanol–water partition coefficient (Wildman–Crippen LogP) is 7.29. The van der Waals surface area contributed by atoms with Crippen molar-refractivity contribution in [2.24, 2.45) is 0 Å². The Hall–Kier alpha value is -3.12. The van der Waals surface area contributed by atoms with Crippen molar-refractivity contribution in [3.63, 3.8) is 0 Å². The Morgan fingerprint density at radius 1 is 0.704 bits per heavy atom. The van der Waals surface area contributed by atoms with E-state index in [2.05, 4.69) is 117 Å². The smallest absolute Gasteiger partial charge is 0.0199 e. The molecular formula is C27H26. The maximum atomic E-state index is 3.85. The van der Waals surface area contributed by atoms with Gasteiger partial charge in [0, 0.05) is 11.8 Å². The largest absolute Gasteiger partial charge is 0.0991 e. The molecule has 0 aliphatic carbocycles. The van der Waals surface area contributed by atoms with Gasteiger partial charge in [0.25, 0.3) is 0 Å². The summed E-state index contributed by atoms with van der Waals surface area (Å²) in [5.41, 5.74) is 5.25. The van der Waals surface area contributed by atoms with E-state index in [4.69, 9.17) is 0 Å². The maximum Gasteiger partial charge on any atom is 0.0199 e. The SMILES string of the molecule is C=C/C=C\C(=C/C)C(c1ccccc1)C(c1ccccc1)c1ccccc1. The molecule has 0 bridgehead atoms. The fourth-order valence-corrected chi connectivity index (χ4v) is 3.69. The summed E-state index contributed by atoms with van der Waals surface area (Å²) in [5.74, 6) is 0.452. The lowest BCUT2D eigenvalue weighted by Crippen LogP contribution is -2.15. The van der Waals surface area contributed by atoms with Gasteiger partial charge in [0.1, 0.15) is 0 Å². The average molecular weight is 351 g/mol. The van der Waals surface area contributed by atoms with Crippen LogP contribution in [0.25, 0.3) is 0 Å². The van der Waals surface area contributed by atoms with Crippen molar-refractivity contribution < 1.29 is 0 Å². The van der Waals surface area contributed by atoms with Gasteiger partial charge in [-0.1, -0.05) is 122 Å². The third-order valence-electron chi connectivity index (χ3n) is 4.93. The van der Waals surface area contributed by atoms with E-state index in [-0.39, 0.29) is 11.8 Å². The first kappa shape index (κ1) is 18.7. The minimum atomic E-state index is 0.220. The standard InChI is InChI=1S/C27H26/c1-3-5-15-22(4-2)26(23-16-9-6-10-17-23)27(24-18-11-7-12-19-24)25-20-13-8-14-21-25/h3-21,26-27H,1H2,2H3/b15-5-,22-4+. The van der Waals surface area contributed by atoms with Crippen molar-refractivity contribution >= 4 is 0 Å². The van der Waals surface area contributed by atoms with Crippen LogP contribution < -0.4 is 0 Å². The first-order valence-corrected chi connectivity index (χ1v) is 9.45. The van der Waals surface area contributed by atoms with Gasteiger partial charge in [-0.3, -0.25) is 0 Å². The zero-order chi connectivity index (χ0) is 18.9. The Labute approximate surface area is 163 Å². The quantitative estimate of drug-likeness (QED) is 0.392. The molecule has 0 amide bonds. The van der Waals surface area contributed by atoms with Gasteiger partial charge in [0.15, 0.2) is 0 Å². The molecule has 0 nitrogen and oxygen atoms in total. The van der Waals surface area contributed by atoms with Crippen molar-refractivity contribution in [1.29, 1.82) is 0 Å². The predicted molar refractivity (Wildman–Crippen MR) is 117 cm³/mol. The van der Waals surface area contributed by atoms with E-state index >= 15 is 0 Å². The lowest BCUT2D eigenvalue weighted by Gasteiger charge is -2.30. The molecule has 3 aromatic rings. The van der Waals surface area contributed by atoms with Crippen LogP contribution in [0.1, 0.15) is 35.4 Å². The molecule has 1 atom stereocenters. The van der Waals surface area contributed by atoms with Crippen LogP contribution in [0.5, 0.6) is 0 Å². The number of hydrogen-bond acceptors (Lipinski definition) is 0. The summed E-state index contributed by atoms with van der Waals surface area (Å²) in [7, 11) is 0. The first-order chi connectivity index (χ1) is 13.3. The van der Waals surface area contributed by atoms with E-state index in [1.54, 1.807) is 0 Å². The van der Waals surface area contributed by atoms with Gasteiger partial charge < -0.3 is 0 Å². The molecule has 1 unspecified atom stereocenters. The highest BCUT2D eigenvalue weighted by atomic mass is 14.3. The normalized spacial score (nSPS) is 13.0. The molecule has 0 fully saturated rings. The van der Waals surface area contributed by atoms with Gasteiger partial charge in [-0.25, -0.2) is 0 Å². The summed E-state index contributed by atoms with van der Waals surface area (Å²) in [6.45, 7) is 5.96. The number of allylic oxidation sites excluding steroid dienone is 5. The van der Waals surface area contributed by atoms with Crippen molar-refractivity contribution in [2.75, 3.05) is 0 Å². The second-order valence-corrected chi connectivity index (χ2v) is 6.57. The highest BCUT2D eigenvalue weighted by Gasteiger charge is 2.28. The van der Waals surface area contributed by atoms with Gasteiger partial charge in [0.05, 0.1) is 0 Å². The molecule has 27 heavy (non-hydrogen) atoms. The average Bonchev–Trinajstić information content (AvgIpc) is 2.75. The minimum absolute atomic E-state index is 0.220. The van der Waals surface area contributed by atoms with Crippen molar-refractivity contribution in [1.82, 2.24) is 0 Å². The van der Waals surface area contributed by atoms with E-state index in [1.165, 1.54) is 22.3 Å². The van der Waals surface area contributed by atoms with E-state index in [1.807, 2.05) is 12.2 Å². The van der Waals surface area contributed by atoms with Gasteiger partial charge in [-0.05, 0) is 29.2 Å². The molecule has 0 saturated carbocycles. The zero-order valence-corrected chi connectivity index (χ0v) is 15.8. The molecular weight excluding hydrogens is 324 g/mol. The molecule has 0 aromatic heterocycles. The van der Waals surface area contributed by atoms with E-state index in [9.17, 15) is 0 Å². The summed E-state index contributed by atoms with van der Waals surface area (Å²) in [4.78, 5) is 0. The molecule has 0 aliphatic heterocycles. The van der Waals surface area contributed by atoms with E-state index in [0.29, 0.717) is 0 Å². The summed E-state index contributed by atoms with van der Waals surface area (Å²) < 4.78 is 0. The van der Waals surface area contributed by atoms with E-state index in [0.717, 1.165) is 0 Å². The second-order valence-electron chi connectivity index (χ2n) is 6.57. The van der Waals surface area contributed by atoms with Gasteiger partial charge in [-0.15, -0.1) is 0 Å². The van der Waals surface area contributed by atoms with Crippen LogP contribution in [0.2, 0.25) is 0 Å². The molecule has 0 radical (unpaired) electrons. The maximum absolute atomic E-state index is 3.85. The molecule has 0 spiro atoms. The number of rotatable bonds is 7. The molecule has 0 N–H and O–H groups in total. The topological polar surface area (TPSA) is 0 Å². The Balaban J connectivity index is 2.22. The summed E-state index contributed by atoms with van der Waals surface area (Å²) in [5, 5.41) is 0. The van der Waals surface area contributed by atoms with Gasteiger partial charge in [-0.2, -0.15) is 0 Å². The van der Waals surface area contributed by atoms with Crippen LogP contribution in [0.4, 0.5) is 0 Å². The lowest BCUT2D eigenvalue weighted by molar-refractivity contribution is 0.692. The molecule has 0 heterocycles. The Morgan fingerprint density at radius 3 is 1.56 bits per heavy atom. The number of hydrogen-bond donors (Lipinski definition) is 0. The fraction of sp³-hybridized carbons (Fsp3) is 0.111. The third-order valence-corrected chi connectivity index (χ3v) is 4.93. The molecule has 0 aliphatic rings. The van der Waals surface area contributed by atoms with Crippen LogP contribution in [-0.4, -0.2) is 0 Å². The van der Waals surface area contributed by atoms with Crippen LogP contribution in [0.15, 0.2) is 127 Å². The number of benzene rings is 3. The highest BCUT2D eigenvalue weighted by molar-refractivity contribution is 5.46. The molecule has 3 rings (SSSR count). The lowest BCUT2D eigenvalue weighted by atomic mass is 9.73. The van der Waals surface area contributed by atoms with Crippen molar-refractivity contribution in [3.8, 4) is 0 Å². The Bertz CT molecular complexity index is 847. The molecule has 0 saturated heterocycles. The first-order valence-electron chi connectivity index (χ1n) is 9.45. The minimum Gasteiger partial charge on any atom is -0.0991 e. The van der Waals surface area contributed by atoms with E-state index < -0.39 is 0 Å². The Morgan fingerprint density at radius 2 is 1.15 bits per heavy atom. The molecule has 0 heteroatoms. The van der Waals surface area contributed by atoms with Gasteiger partial charge >= 0.3 is 0 Å². The molecule has 3 aromatic carbocycles.